The minimum Gasteiger partial charge on any atom is -0.328 e. The Balaban J connectivity index is 1.36. The van der Waals surface area contributed by atoms with E-state index >= 15 is 0 Å². The topological polar surface area (TPSA) is 103 Å². The maximum Gasteiger partial charge on any atom is 0.402 e. The maximum absolute atomic E-state index is 13.8. The average molecular weight is 580 g/mol. The van der Waals surface area contributed by atoms with Crippen LogP contribution in [-0.2, 0) is 45.7 Å². The van der Waals surface area contributed by atoms with Gasteiger partial charge in [-0.15, -0.1) is 0 Å². The number of aromatic nitrogens is 1. The van der Waals surface area contributed by atoms with Crippen molar-refractivity contribution < 1.29 is 27.6 Å². The molecule has 0 radical (unpaired) electrons. The molecule has 8 nitrogen and oxygen atoms in total. The van der Waals surface area contributed by atoms with Gasteiger partial charge in [-0.1, -0.05) is 36.4 Å². The van der Waals surface area contributed by atoms with Crippen molar-refractivity contribution in [3.63, 3.8) is 0 Å². The number of hydrogen-bond donors (Lipinski definition) is 3. The molecule has 3 amide bonds. The summed E-state index contributed by atoms with van der Waals surface area (Å²) in [4.78, 5) is 44.7. The first-order valence-corrected chi connectivity index (χ1v) is 13.6. The Kier molecular flexibility index (Phi) is 7.57. The van der Waals surface area contributed by atoms with Gasteiger partial charge in [0, 0.05) is 30.5 Å². The highest BCUT2D eigenvalue weighted by Gasteiger charge is 2.54. The Hall–Kier alpha value is -4.25. The first kappa shape index (κ1) is 29.2. The summed E-state index contributed by atoms with van der Waals surface area (Å²) in [7, 11) is 1.74. The molecule has 1 aliphatic carbocycles. The monoisotopic (exact) mass is 579 g/mol. The first-order chi connectivity index (χ1) is 19.9. The maximum atomic E-state index is 13.8. The van der Waals surface area contributed by atoms with Gasteiger partial charge in [-0.2, -0.15) is 13.2 Å². The van der Waals surface area contributed by atoms with Crippen LogP contribution < -0.4 is 16.0 Å². The molecule has 3 N–H and O–H groups in total. The Labute approximate surface area is 241 Å². The molecule has 0 unspecified atom stereocenters. The molecule has 0 saturated carbocycles. The van der Waals surface area contributed by atoms with Crippen molar-refractivity contribution in [1.82, 2.24) is 15.2 Å². The third-order valence-electron chi connectivity index (χ3n) is 8.18. The largest absolute Gasteiger partial charge is 0.402 e. The van der Waals surface area contributed by atoms with E-state index in [1.807, 2.05) is 18.2 Å². The molecule has 1 aliphatic heterocycles. The third-order valence-corrected chi connectivity index (χ3v) is 8.18. The molecule has 220 valence electrons. The number of fused-ring (bicyclic) bond motifs is 3. The van der Waals surface area contributed by atoms with Crippen molar-refractivity contribution in [2.75, 3.05) is 24.2 Å². The molecule has 3 aromatic rings. The molecule has 0 saturated heterocycles. The Morgan fingerprint density at radius 3 is 2.45 bits per heavy atom. The minimum atomic E-state index is -4.81. The zero-order chi connectivity index (χ0) is 30.3. The first-order valence-electron chi connectivity index (χ1n) is 13.6. The second-order valence-corrected chi connectivity index (χ2v) is 11.4. The van der Waals surface area contributed by atoms with Crippen LogP contribution in [0, 0.1) is 5.41 Å². The zero-order valence-electron chi connectivity index (χ0n) is 23.6. The molecule has 1 spiro atoms. The Bertz CT molecular complexity index is 1550. The van der Waals surface area contributed by atoms with Gasteiger partial charge in [0.1, 0.15) is 17.8 Å². The third kappa shape index (κ3) is 5.24. The van der Waals surface area contributed by atoms with Crippen molar-refractivity contribution in [2.45, 2.75) is 51.4 Å². The minimum absolute atomic E-state index is 0.127. The van der Waals surface area contributed by atoms with Crippen LogP contribution in [0.3, 0.4) is 0 Å². The fraction of sp³-hybridized carbons (Fsp3) is 0.355. The molecule has 0 bridgehead atoms. The SMILES string of the molecule is CNCc1ccccc1CN(CC(=O)Nc1ccc2c(c1)C[C@@]1(C2)C(=O)Nc2ncccc21)C(=O)C(C)(C)C(F)(F)F. The molecule has 2 aliphatic rings. The molecule has 1 aromatic heterocycles. The van der Waals surface area contributed by atoms with Crippen LogP contribution in [0.25, 0.3) is 0 Å². The summed E-state index contributed by atoms with van der Waals surface area (Å²) >= 11 is 0. The lowest BCUT2D eigenvalue weighted by Crippen LogP contribution is -2.50. The van der Waals surface area contributed by atoms with Crippen molar-refractivity contribution in [3.05, 3.63) is 88.6 Å². The number of alkyl halides is 3. The van der Waals surface area contributed by atoms with Crippen molar-refractivity contribution in [3.8, 4) is 0 Å². The Morgan fingerprint density at radius 2 is 1.74 bits per heavy atom. The fourth-order valence-corrected chi connectivity index (χ4v) is 5.72. The van der Waals surface area contributed by atoms with Crippen LogP contribution >= 0.6 is 0 Å². The Morgan fingerprint density at radius 1 is 1.02 bits per heavy atom. The number of rotatable bonds is 8. The second kappa shape index (κ2) is 10.9. The number of amides is 3. The number of halogens is 3. The zero-order valence-corrected chi connectivity index (χ0v) is 23.6. The van der Waals surface area contributed by atoms with E-state index in [-0.39, 0.29) is 12.5 Å². The predicted molar refractivity (Wildman–Crippen MR) is 151 cm³/mol. The molecule has 1 atom stereocenters. The van der Waals surface area contributed by atoms with Crippen LogP contribution in [0.15, 0.2) is 60.8 Å². The van der Waals surface area contributed by atoms with Gasteiger partial charge in [0.2, 0.25) is 17.7 Å². The number of carbonyl (C=O) groups is 3. The number of anilines is 2. The van der Waals surface area contributed by atoms with E-state index in [0.717, 1.165) is 41.0 Å². The molecule has 5 rings (SSSR count). The summed E-state index contributed by atoms with van der Waals surface area (Å²) in [6.07, 6.45) is -2.28. The number of carbonyl (C=O) groups excluding carboxylic acids is 3. The predicted octanol–water partition coefficient (Wildman–Crippen LogP) is 4.35. The smallest absolute Gasteiger partial charge is 0.328 e. The van der Waals surface area contributed by atoms with E-state index in [4.69, 9.17) is 0 Å². The lowest BCUT2D eigenvalue weighted by Gasteiger charge is -2.33. The second-order valence-electron chi connectivity index (χ2n) is 11.4. The van der Waals surface area contributed by atoms with E-state index in [0.29, 0.717) is 36.5 Å². The molecule has 11 heteroatoms. The molecular weight excluding hydrogens is 547 g/mol. The molecular formula is C31H32F3N5O3. The van der Waals surface area contributed by atoms with Crippen LogP contribution in [0.1, 0.15) is 41.7 Å². The van der Waals surface area contributed by atoms with E-state index in [9.17, 15) is 27.6 Å². The highest BCUT2D eigenvalue weighted by Crippen LogP contribution is 2.47. The quantitative estimate of drug-likeness (QED) is 0.369. The van der Waals surface area contributed by atoms with Crippen molar-refractivity contribution in [1.29, 1.82) is 0 Å². The normalized spacial score (nSPS) is 17.5. The van der Waals surface area contributed by atoms with Crippen LogP contribution in [0.5, 0.6) is 0 Å². The van der Waals surface area contributed by atoms with Gasteiger partial charge in [-0.25, -0.2) is 4.98 Å². The van der Waals surface area contributed by atoms with Gasteiger partial charge >= 0.3 is 6.18 Å². The van der Waals surface area contributed by atoms with Crippen LogP contribution in [0.4, 0.5) is 24.7 Å². The van der Waals surface area contributed by atoms with E-state index in [2.05, 4.69) is 20.9 Å². The van der Waals surface area contributed by atoms with Gasteiger partial charge in [0.05, 0.1) is 5.41 Å². The van der Waals surface area contributed by atoms with Gasteiger partial charge in [0.25, 0.3) is 0 Å². The molecule has 2 heterocycles. The van der Waals surface area contributed by atoms with E-state index < -0.39 is 35.4 Å². The van der Waals surface area contributed by atoms with Crippen molar-refractivity contribution in [2.24, 2.45) is 5.41 Å². The van der Waals surface area contributed by atoms with Crippen LogP contribution in [-0.4, -0.2) is 47.4 Å². The standard InChI is InChI=1S/C31H32F3N5O3/c1-29(2,31(32,33)34)28(42)39(17-21-8-5-4-7-20(21)16-35-3)18-25(40)37-23-11-10-19-14-30(15-22(19)13-23)24-9-6-12-36-26(24)38-27(30)41/h4-13,35H,14-18H2,1-3H3,(H,37,40)(H,36,38,41)/t30-/m1/s1. The van der Waals surface area contributed by atoms with Crippen molar-refractivity contribution >= 4 is 29.2 Å². The highest BCUT2D eigenvalue weighted by atomic mass is 19.4. The highest BCUT2D eigenvalue weighted by molar-refractivity contribution is 6.06. The molecule has 42 heavy (non-hydrogen) atoms. The molecule has 2 aromatic carbocycles. The summed E-state index contributed by atoms with van der Waals surface area (Å²) in [6.45, 7) is 1.35. The summed E-state index contributed by atoms with van der Waals surface area (Å²) in [5, 5.41) is 8.61. The number of pyridine rings is 1. The molecule has 0 fully saturated rings. The van der Waals surface area contributed by atoms with Gasteiger partial charge in [-0.3, -0.25) is 14.4 Å². The number of nitrogens with zero attached hydrogens (tertiary/aromatic N) is 2. The van der Waals surface area contributed by atoms with Crippen LogP contribution in [0.2, 0.25) is 0 Å². The fourth-order valence-electron chi connectivity index (χ4n) is 5.72. The summed E-state index contributed by atoms with van der Waals surface area (Å²) < 4.78 is 41.5. The van der Waals surface area contributed by atoms with E-state index in [1.165, 1.54) is 0 Å². The summed E-state index contributed by atoms with van der Waals surface area (Å²) in [5.74, 6) is -1.40. The number of benzene rings is 2. The van der Waals surface area contributed by atoms with Gasteiger partial charge in [0.15, 0.2) is 0 Å². The number of hydrogen-bond acceptors (Lipinski definition) is 5. The van der Waals surface area contributed by atoms with Gasteiger partial charge < -0.3 is 20.9 Å². The van der Waals surface area contributed by atoms with Gasteiger partial charge in [-0.05, 0) is 74.2 Å². The summed E-state index contributed by atoms with van der Waals surface area (Å²) in [5.41, 5.74) is 1.08. The lowest BCUT2D eigenvalue weighted by atomic mass is 9.79. The number of nitrogens with one attached hydrogen (secondary N) is 3. The van der Waals surface area contributed by atoms with E-state index in [1.54, 1.807) is 49.6 Å². The summed E-state index contributed by atoms with van der Waals surface area (Å²) in [6, 6.07) is 16.1. The lowest BCUT2D eigenvalue weighted by molar-refractivity contribution is -0.217. The average Bonchev–Trinajstić information content (AvgIpc) is 3.45.